The van der Waals surface area contributed by atoms with Gasteiger partial charge in [0.15, 0.2) is 5.13 Å². The van der Waals surface area contributed by atoms with E-state index in [-0.39, 0.29) is 5.91 Å². The Morgan fingerprint density at radius 3 is 2.88 bits per heavy atom. The summed E-state index contributed by atoms with van der Waals surface area (Å²) in [6, 6.07) is 15.8. The molecule has 0 saturated heterocycles. The first kappa shape index (κ1) is 18.6. The van der Waals surface area contributed by atoms with Crippen LogP contribution in [-0.4, -0.2) is 17.5 Å². The molecule has 0 spiro atoms. The zero-order chi connectivity index (χ0) is 18.4. The third-order valence-electron chi connectivity index (χ3n) is 3.68. The summed E-state index contributed by atoms with van der Waals surface area (Å²) in [4.78, 5) is 16.6. The minimum absolute atomic E-state index is 0.0482. The number of benzene rings is 2. The molecule has 0 unspecified atom stereocenters. The van der Waals surface area contributed by atoms with Crippen molar-refractivity contribution in [2.45, 2.75) is 19.8 Å². The lowest BCUT2D eigenvalue weighted by Gasteiger charge is -2.06. The quantitative estimate of drug-likeness (QED) is 0.490. The number of anilines is 1. The van der Waals surface area contributed by atoms with Crippen molar-refractivity contribution in [3.05, 3.63) is 63.9 Å². The van der Waals surface area contributed by atoms with Crippen LogP contribution in [0.4, 0.5) is 5.13 Å². The first-order chi connectivity index (χ1) is 12.6. The molecule has 134 valence electrons. The number of halogens is 1. The van der Waals surface area contributed by atoms with Gasteiger partial charge in [-0.3, -0.25) is 4.79 Å². The van der Waals surface area contributed by atoms with Gasteiger partial charge in [-0.15, -0.1) is 11.3 Å². The predicted octanol–water partition coefficient (Wildman–Crippen LogP) is 5.68. The van der Waals surface area contributed by atoms with E-state index in [0.29, 0.717) is 24.6 Å². The Kier molecular flexibility index (Phi) is 6.41. The number of thiazole rings is 1. The standard InChI is InChI=1S/C20H19BrN2O2S/c1-14-5-2-8-17(11-14)25-10-4-9-19(24)23-20-22-18(13-26-20)15-6-3-7-16(21)12-15/h2-3,5-8,11-13H,4,9-10H2,1H3,(H,22,23,24). The third-order valence-corrected chi connectivity index (χ3v) is 4.93. The highest BCUT2D eigenvalue weighted by Gasteiger charge is 2.08. The van der Waals surface area contributed by atoms with Crippen LogP contribution in [-0.2, 0) is 4.79 Å². The van der Waals surface area contributed by atoms with Gasteiger partial charge >= 0.3 is 0 Å². The maximum atomic E-state index is 12.1. The van der Waals surface area contributed by atoms with Crippen LogP contribution >= 0.6 is 27.3 Å². The van der Waals surface area contributed by atoms with Gasteiger partial charge in [0.05, 0.1) is 12.3 Å². The van der Waals surface area contributed by atoms with Gasteiger partial charge in [-0.1, -0.05) is 40.2 Å². The van der Waals surface area contributed by atoms with Gasteiger partial charge in [0.25, 0.3) is 0 Å². The summed E-state index contributed by atoms with van der Waals surface area (Å²) in [6.45, 7) is 2.54. The maximum absolute atomic E-state index is 12.1. The van der Waals surface area contributed by atoms with E-state index in [1.54, 1.807) is 0 Å². The molecule has 2 aromatic carbocycles. The predicted molar refractivity (Wildman–Crippen MR) is 110 cm³/mol. The van der Waals surface area contributed by atoms with Crippen molar-refractivity contribution in [1.29, 1.82) is 0 Å². The first-order valence-electron chi connectivity index (χ1n) is 8.31. The Balaban J connectivity index is 1.45. The first-order valence-corrected chi connectivity index (χ1v) is 9.98. The van der Waals surface area contributed by atoms with Crippen LogP contribution in [0.2, 0.25) is 0 Å². The molecule has 3 rings (SSSR count). The number of carbonyl (C=O) groups is 1. The molecular formula is C20H19BrN2O2S. The smallest absolute Gasteiger partial charge is 0.226 e. The second kappa shape index (κ2) is 8.96. The van der Waals surface area contributed by atoms with Gasteiger partial charge in [0.2, 0.25) is 5.91 Å². The number of carbonyl (C=O) groups excluding carboxylic acids is 1. The Morgan fingerprint density at radius 1 is 1.23 bits per heavy atom. The normalized spacial score (nSPS) is 10.5. The largest absolute Gasteiger partial charge is 0.494 e. The lowest BCUT2D eigenvalue weighted by Crippen LogP contribution is -2.12. The lowest BCUT2D eigenvalue weighted by atomic mass is 10.2. The molecule has 1 amide bonds. The van der Waals surface area contributed by atoms with Crippen LogP contribution in [0.3, 0.4) is 0 Å². The number of nitrogens with zero attached hydrogens (tertiary/aromatic N) is 1. The SMILES string of the molecule is Cc1cccc(OCCCC(=O)Nc2nc(-c3cccc(Br)c3)cs2)c1. The van der Waals surface area contributed by atoms with Crippen LogP contribution in [0.25, 0.3) is 11.3 Å². The van der Waals surface area contributed by atoms with Crippen molar-refractivity contribution in [2.75, 3.05) is 11.9 Å². The van der Waals surface area contributed by atoms with Gasteiger partial charge in [0, 0.05) is 21.8 Å². The fraction of sp³-hybridized carbons (Fsp3) is 0.200. The molecule has 0 aliphatic heterocycles. The van der Waals surface area contributed by atoms with E-state index in [2.05, 4.69) is 26.2 Å². The van der Waals surface area contributed by atoms with Gasteiger partial charge in [-0.2, -0.15) is 0 Å². The zero-order valence-corrected chi connectivity index (χ0v) is 16.8. The molecular weight excluding hydrogens is 412 g/mol. The fourth-order valence-electron chi connectivity index (χ4n) is 2.42. The maximum Gasteiger partial charge on any atom is 0.226 e. The zero-order valence-electron chi connectivity index (χ0n) is 14.4. The van der Waals surface area contributed by atoms with Crippen molar-refractivity contribution < 1.29 is 9.53 Å². The summed E-state index contributed by atoms with van der Waals surface area (Å²) in [5, 5.41) is 5.41. The van der Waals surface area contributed by atoms with E-state index in [0.717, 1.165) is 27.0 Å². The number of ether oxygens (including phenoxy) is 1. The number of hydrogen-bond donors (Lipinski definition) is 1. The summed E-state index contributed by atoms with van der Waals surface area (Å²) in [6.07, 6.45) is 1.06. The average molecular weight is 431 g/mol. The lowest BCUT2D eigenvalue weighted by molar-refractivity contribution is -0.116. The summed E-state index contributed by atoms with van der Waals surface area (Å²) < 4.78 is 6.67. The van der Waals surface area contributed by atoms with Crippen molar-refractivity contribution >= 4 is 38.3 Å². The van der Waals surface area contributed by atoms with Crippen molar-refractivity contribution in [1.82, 2.24) is 4.98 Å². The molecule has 1 N–H and O–H groups in total. The number of hydrogen-bond acceptors (Lipinski definition) is 4. The third kappa shape index (κ3) is 5.41. The fourth-order valence-corrected chi connectivity index (χ4v) is 3.56. The summed E-state index contributed by atoms with van der Waals surface area (Å²) in [5.74, 6) is 0.789. The topological polar surface area (TPSA) is 51.2 Å². The molecule has 0 atom stereocenters. The minimum Gasteiger partial charge on any atom is -0.494 e. The summed E-state index contributed by atoms with van der Waals surface area (Å²) in [7, 11) is 0. The monoisotopic (exact) mass is 430 g/mol. The van der Waals surface area contributed by atoms with Gasteiger partial charge in [0.1, 0.15) is 5.75 Å². The molecule has 0 radical (unpaired) electrons. The van der Waals surface area contributed by atoms with E-state index < -0.39 is 0 Å². The molecule has 4 nitrogen and oxygen atoms in total. The van der Waals surface area contributed by atoms with Gasteiger partial charge in [-0.25, -0.2) is 4.98 Å². The molecule has 0 aliphatic carbocycles. The Labute approximate surface area is 165 Å². The molecule has 26 heavy (non-hydrogen) atoms. The van der Waals surface area contributed by atoms with E-state index >= 15 is 0 Å². The average Bonchev–Trinajstić information content (AvgIpc) is 3.07. The molecule has 0 aliphatic rings. The van der Waals surface area contributed by atoms with Crippen molar-refractivity contribution in [3.8, 4) is 17.0 Å². The Hall–Kier alpha value is -2.18. The van der Waals surface area contributed by atoms with E-state index in [1.165, 1.54) is 11.3 Å². The highest BCUT2D eigenvalue weighted by molar-refractivity contribution is 9.10. The minimum atomic E-state index is -0.0482. The second-order valence-electron chi connectivity index (χ2n) is 5.86. The molecule has 0 saturated carbocycles. The number of aryl methyl sites for hydroxylation is 1. The van der Waals surface area contributed by atoms with Crippen LogP contribution in [0.15, 0.2) is 58.4 Å². The number of amides is 1. The van der Waals surface area contributed by atoms with Crippen LogP contribution in [0.1, 0.15) is 18.4 Å². The van der Waals surface area contributed by atoms with Gasteiger partial charge in [-0.05, 0) is 43.2 Å². The van der Waals surface area contributed by atoms with E-state index in [9.17, 15) is 4.79 Å². The van der Waals surface area contributed by atoms with Crippen LogP contribution < -0.4 is 10.1 Å². The highest BCUT2D eigenvalue weighted by atomic mass is 79.9. The van der Waals surface area contributed by atoms with E-state index in [4.69, 9.17) is 4.74 Å². The molecule has 6 heteroatoms. The van der Waals surface area contributed by atoms with Crippen molar-refractivity contribution in [3.63, 3.8) is 0 Å². The molecule has 0 fully saturated rings. The molecule has 3 aromatic rings. The Morgan fingerprint density at radius 2 is 2.08 bits per heavy atom. The Bertz CT molecular complexity index is 895. The van der Waals surface area contributed by atoms with Crippen molar-refractivity contribution in [2.24, 2.45) is 0 Å². The van der Waals surface area contributed by atoms with E-state index in [1.807, 2.05) is 60.8 Å². The number of nitrogens with one attached hydrogen (secondary N) is 1. The highest BCUT2D eigenvalue weighted by Crippen LogP contribution is 2.27. The summed E-state index contributed by atoms with van der Waals surface area (Å²) >= 11 is 4.88. The number of rotatable bonds is 7. The molecule has 0 bridgehead atoms. The summed E-state index contributed by atoms with van der Waals surface area (Å²) in [5.41, 5.74) is 3.03. The second-order valence-corrected chi connectivity index (χ2v) is 7.64. The molecule has 1 aromatic heterocycles. The van der Waals surface area contributed by atoms with Crippen LogP contribution in [0, 0.1) is 6.92 Å². The van der Waals surface area contributed by atoms with Gasteiger partial charge < -0.3 is 10.1 Å². The van der Waals surface area contributed by atoms with Crippen LogP contribution in [0.5, 0.6) is 5.75 Å². The number of aromatic nitrogens is 1. The molecule has 1 heterocycles.